The number of hydrogen-bond donors (Lipinski definition) is 0. The average molecular weight is 275 g/mol. The van der Waals surface area contributed by atoms with E-state index in [9.17, 15) is 16.8 Å². The molecule has 0 amide bonds. The summed E-state index contributed by atoms with van der Waals surface area (Å²) in [6.45, 7) is 1.74. The van der Waals surface area contributed by atoms with Crippen LogP contribution < -0.4 is 0 Å². The summed E-state index contributed by atoms with van der Waals surface area (Å²) in [7, 11) is -1.36. The Bertz CT molecular complexity index is 412. The molecule has 15 heavy (non-hydrogen) atoms. The van der Waals surface area contributed by atoms with Crippen LogP contribution in [0.15, 0.2) is 0 Å². The van der Waals surface area contributed by atoms with Crippen molar-refractivity contribution in [1.29, 1.82) is 0 Å². The normalized spacial score (nSPS) is 28.5. The summed E-state index contributed by atoms with van der Waals surface area (Å²) in [6, 6.07) is 0. The molecule has 4 nitrogen and oxygen atoms in total. The fourth-order valence-electron chi connectivity index (χ4n) is 1.96. The molecule has 7 heteroatoms. The van der Waals surface area contributed by atoms with Crippen LogP contribution in [-0.4, -0.2) is 34.1 Å². The van der Waals surface area contributed by atoms with Crippen molar-refractivity contribution in [3.63, 3.8) is 0 Å². The van der Waals surface area contributed by atoms with E-state index in [4.69, 9.17) is 10.7 Å². The van der Waals surface area contributed by atoms with Crippen LogP contribution in [0.25, 0.3) is 0 Å². The van der Waals surface area contributed by atoms with Gasteiger partial charge in [0.05, 0.1) is 17.3 Å². The van der Waals surface area contributed by atoms with Crippen LogP contribution in [0.3, 0.4) is 0 Å². The minimum atomic E-state index is -3.53. The van der Waals surface area contributed by atoms with Gasteiger partial charge in [-0.25, -0.2) is 16.8 Å². The lowest BCUT2D eigenvalue weighted by Gasteiger charge is -2.26. The molecule has 1 aliphatic heterocycles. The molecule has 1 fully saturated rings. The maximum Gasteiger partial charge on any atom is 0.232 e. The summed E-state index contributed by atoms with van der Waals surface area (Å²) >= 11 is 0. The van der Waals surface area contributed by atoms with Crippen molar-refractivity contribution in [3.05, 3.63) is 0 Å². The van der Waals surface area contributed by atoms with Crippen LogP contribution >= 0.6 is 10.7 Å². The van der Waals surface area contributed by atoms with E-state index in [-0.39, 0.29) is 29.1 Å². The van der Waals surface area contributed by atoms with Crippen molar-refractivity contribution in [1.82, 2.24) is 0 Å². The van der Waals surface area contributed by atoms with Crippen LogP contribution in [0, 0.1) is 11.8 Å². The first-order chi connectivity index (χ1) is 6.70. The Labute approximate surface area is 95.3 Å². The van der Waals surface area contributed by atoms with Gasteiger partial charge < -0.3 is 0 Å². The van der Waals surface area contributed by atoms with Gasteiger partial charge in [0.2, 0.25) is 9.05 Å². The molecule has 2 atom stereocenters. The Hall–Kier alpha value is 0.190. The van der Waals surface area contributed by atoms with Crippen LogP contribution in [0.1, 0.15) is 19.8 Å². The molecular formula is C8H15ClO4S2. The molecule has 0 aromatic carbocycles. The highest BCUT2D eigenvalue weighted by Crippen LogP contribution is 2.26. The van der Waals surface area contributed by atoms with Gasteiger partial charge in [0.1, 0.15) is 0 Å². The third-order valence-electron chi connectivity index (χ3n) is 2.76. The SMILES string of the molecule is CC(CS(=O)(=O)Cl)C1CCCS(=O)(=O)C1. The second kappa shape index (κ2) is 4.59. The summed E-state index contributed by atoms with van der Waals surface area (Å²) in [6.07, 6.45) is 1.40. The van der Waals surface area contributed by atoms with Crippen molar-refractivity contribution in [2.45, 2.75) is 19.8 Å². The van der Waals surface area contributed by atoms with Crippen molar-refractivity contribution in [2.75, 3.05) is 17.3 Å². The highest BCUT2D eigenvalue weighted by Gasteiger charge is 2.30. The lowest BCUT2D eigenvalue weighted by Crippen LogP contribution is -2.31. The molecule has 1 rings (SSSR count). The van der Waals surface area contributed by atoms with E-state index in [0.29, 0.717) is 6.42 Å². The molecule has 0 spiro atoms. The number of rotatable bonds is 3. The Morgan fingerprint density at radius 3 is 2.53 bits per heavy atom. The Kier molecular flexibility index (Phi) is 4.06. The molecule has 0 N–H and O–H groups in total. The second-order valence-corrected chi connectivity index (χ2v) is 9.25. The third kappa shape index (κ3) is 4.70. The van der Waals surface area contributed by atoms with Gasteiger partial charge in [0.15, 0.2) is 9.84 Å². The fraction of sp³-hybridized carbons (Fsp3) is 1.00. The largest absolute Gasteiger partial charge is 0.232 e. The summed E-state index contributed by atoms with van der Waals surface area (Å²) < 4.78 is 44.4. The molecule has 90 valence electrons. The predicted molar refractivity (Wildman–Crippen MR) is 60.2 cm³/mol. The van der Waals surface area contributed by atoms with Crippen molar-refractivity contribution >= 4 is 29.6 Å². The zero-order valence-corrected chi connectivity index (χ0v) is 10.9. The summed E-state index contributed by atoms with van der Waals surface area (Å²) in [5.74, 6) is -0.0843. The van der Waals surface area contributed by atoms with Gasteiger partial charge >= 0.3 is 0 Å². The molecule has 0 bridgehead atoms. The second-order valence-electron chi connectivity index (χ2n) is 4.20. The number of halogens is 1. The van der Waals surface area contributed by atoms with Crippen molar-refractivity contribution < 1.29 is 16.8 Å². The molecule has 0 radical (unpaired) electrons. The first kappa shape index (κ1) is 13.3. The average Bonchev–Trinajstić information content (AvgIpc) is 1.99. The third-order valence-corrected chi connectivity index (χ3v) is 5.91. The molecule has 1 saturated heterocycles. The van der Waals surface area contributed by atoms with E-state index in [2.05, 4.69) is 0 Å². The molecule has 2 unspecified atom stereocenters. The first-order valence-corrected chi connectivity index (χ1v) is 9.12. The van der Waals surface area contributed by atoms with E-state index in [1.54, 1.807) is 6.92 Å². The van der Waals surface area contributed by atoms with Gasteiger partial charge in [-0.2, -0.15) is 0 Å². The maximum atomic E-state index is 11.3. The van der Waals surface area contributed by atoms with Gasteiger partial charge in [-0.05, 0) is 24.7 Å². The van der Waals surface area contributed by atoms with Gasteiger partial charge in [0, 0.05) is 10.7 Å². The first-order valence-electron chi connectivity index (χ1n) is 4.82. The lowest BCUT2D eigenvalue weighted by molar-refractivity contribution is 0.377. The van der Waals surface area contributed by atoms with E-state index in [0.717, 1.165) is 6.42 Å². The Balaban J connectivity index is 2.65. The number of sulfone groups is 1. The number of hydrogen-bond acceptors (Lipinski definition) is 4. The van der Waals surface area contributed by atoms with E-state index in [1.807, 2.05) is 0 Å². The van der Waals surface area contributed by atoms with Crippen molar-refractivity contribution in [2.24, 2.45) is 11.8 Å². The fourth-order valence-corrected chi connectivity index (χ4v) is 5.37. The van der Waals surface area contributed by atoms with Crippen molar-refractivity contribution in [3.8, 4) is 0 Å². The van der Waals surface area contributed by atoms with Crippen LogP contribution in [0.4, 0.5) is 0 Å². The van der Waals surface area contributed by atoms with E-state index < -0.39 is 18.9 Å². The van der Waals surface area contributed by atoms with E-state index in [1.165, 1.54) is 0 Å². The Morgan fingerprint density at radius 1 is 1.47 bits per heavy atom. The molecule has 0 aliphatic carbocycles. The summed E-state index contributed by atoms with van der Waals surface area (Å²) in [5.41, 5.74) is 0. The monoisotopic (exact) mass is 274 g/mol. The standard InChI is InChI=1S/C8H15ClO4S2/c1-7(5-15(9,12)13)8-3-2-4-14(10,11)6-8/h7-8H,2-6H2,1H3. The van der Waals surface area contributed by atoms with Gasteiger partial charge in [0.25, 0.3) is 0 Å². The predicted octanol–water partition coefficient (Wildman–Crippen LogP) is 1.02. The molecule has 0 saturated carbocycles. The van der Waals surface area contributed by atoms with Gasteiger partial charge in [-0.1, -0.05) is 6.92 Å². The smallest absolute Gasteiger partial charge is 0.229 e. The Morgan fingerprint density at radius 2 is 2.07 bits per heavy atom. The van der Waals surface area contributed by atoms with Crippen LogP contribution in [0.5, 0.6) is 0 Å². The topological polar surface area (TPSA) is 68.3 Å². The maximum absolute atomic E-state index is 11.3. The quantitative estimate of drug-likeness (QED) is 0.721. The minimum absolute atomic E-state index is 0.0720. The molecule has 1 heterocycles. The molecular weight excluding hydrogens is 260 g/mol. The zero-order valence-electron chi connectivity index (χ0n) is 8.52. The molecule has 0 aromatic heterocycles. The highest BCUT2D eigenvalue weighted by atomic mass is 35.7. The molecule has 1 aliphatic rings. The van der Waals surface area contributed by atoms with E-state index >= 15 is 0 Å². The van der Waals surface area contributed by atoms with Crippen LogP contribution in [0.2, 0.25) is 0 Å². The van der Waals surface area contributed by atoms with Crippen LogP contribution in [-0.2, 0) is 18.9 Å². The van der Waals surface area contributed by atoms with Gasteiger partial charge in [-0.15, -0.1) is 0 Å². The lowest BCUT2D eigenvalue weighted by atomic mass is 9.93. The molecule has 0 aromatic rings. The zero-order chi connectivity index (χ0) is 11.7. The van der Waals surface area contributed by atoms with Gasteiger partial charge in [-0.3, -0.25) is 0 Å². The minimum Gasteiger partial charge on any atom is -0.229 e. The summed E-state index contributed by atoms with van der Waals surface area (Å²) in [4.78, 5) is 0. The summed E-state index contributed by atoms with van der Waals surface area (Å²) in [5, 5.41) is 0. The highest BCUT2D eigenvalue weighted by molar-refractivity contribution is 8.13.